The molecule has 25 heavy (non-hydrogen) atoms. The van der Waals surface area contributed by atoms with Crippen molar-refractivity contribution in [2.45, 2.75) is 19.5 Å². The molecule has 0 aliphatic carbocycles. The van der Waals surface area contributed by atoms with E-state index in [1.54, 1.807) is 0 Å². The number of hydrogen-bond donors (Lipinski definition) is 2. The van der Waals surface area contributed by atoms with Crippen molar-refractivity contribution in [1.29, 1.82) is 0 Å². The Balaban J connectivity index is 1.65. The van der Waals surface area contributed by atoms with Crippen LogP contribution in [0.5, 0.6) is 0 Å². The number of hydrogen-bond acceptors (Lipinski definition) is 2. The summed E-state index contributed by atoms with van der Waals surface area (Å²) in [5.74, 6) is -0.432. The first-order valence-electron chi connectivity index (χ1n) is 7.74. The molecule has 0 aliphatic rings. The first-order valence-corrected chi connectivity index (χ1v) is 7.74. The molecule has 1 aromatic carbocycles. The fourth-order valence-corrected chi connectivity index (χ4v) is 2.70. The largest absolute Gasteiger partial charge is 0.433 e. The number of benzene rings is 1. The van der Waals surface area contributed by atoms with Gasteiger partial charge < -0.3 is 10.3 Å². The predicted molar refractivity (Wildman–Crippen MR) is 88.3 cm³/mol. The van der Waals surface area contributed by atoms with Gasteiger partial charge in [0.25, 0.3) is 5.91 Å². The van der Waals surface area contributed by atoms with Crippen molar-refractivity contribution in [3.63, 3.8) is 0 Å². The minimum atomic E-state index is -4.52. The lowest BCUT2D eigenvalue weighted by Crippen LogP contribution is -2.27. The zero-order valence-electron chi connectivity index (χ0n) is 13.4. The van der Waals surface area contributed by atoms with E-state index in [9.17, 15) is 18.0 Å². The van der Waals surface area contributed by atoms with Crippen LogP contribution in [0.1, 0.15) is 27.3 Å². The second-order valence-corrected chi connectivity index (χ2v) is 5.69. The summed E-state index contributed by atoms with van der Waals surface area (Å²) in [5, 5.41) is 3.81. The Morgan fingerprint density at radius 2 is 1.96 bits per heavy atom. The van der Waals surface area contributed by atoms with Gasteiger partial charge in [-0.25, -0.2) is 4.98 Å². The summed E-state index contributed by atoms with van der Waals surface area (Å²) in [6, 6.07) is 9.82. The van der Waals surface area contributed by atoms with E-state index in [1.165, 1.54) is 6.92 Å². The number of rotatable bonds is 4. The normalized spacial score (nSPS) is 11.7. The Hall–Kier alpha value is -2.83. The summed E-state index contributed by atoms with van der Waals surface area (Å²) in [6.45, 7) is 1.77. The van der Waals surface area contributed by atoms with Crippen LogP contribution in [-0.2, 0) is 12.6 Å². The molecule has 0 bridgehead atoms. The van der Waals surface area contributed by atoms with Crippen LogP contribution < -0.4 is 5.32 Å². The number of carbonyl (C=O) groups excluding carboxylic acids is 1. The van der Waals surface area contributed by atoms with E-state index in [1.807, 2.05) is 30.5 Å². The first kappa shape index (κ1) is 17.0. The van der Waals surface area contributed by atoms with Gasteiger partial charge in [0, 0.05) is 23.6 Å². The Kier molecular flexibility index (Phi) is 4.48. The van der Waals surface area contributed by atoms with Gasteiger partial charge in [-0.05, 0) is 37.1 Å². The molecule has 7 heteroatoms. The van der Waals surface area contributed by atoms with Gasteiger partial charge in [0.05, 0.1) is 11.3 Å². The van der Waals surface area contributed by atoms with Gasteiger partial charge in [0.2, 0.25) is 0 Å². The minimum absolute atomic E-state index is 0.0550. The molecule has 2 N–H and O–H groups in total. The molecular weight excluding hydrogens is 331 g/mol. The highest BCUT2D eigenvalue weighted by molar-refractivity contribution is 5.95. The second kappa shape index (κ2) is 6.58. The molecule has 0 fully saturated rings. The molecule has 2 aromatic heterocycles. The molecule has 0 saturated carbocycles. The monoisotopic (exact) mass is 347 g/mol. The maximum Gasteiger partial charge on any atom is 0.433 e. The van der Waals surface area contributed by atoms with Gasteiger partial charge in [0.1, 0.15) is 5.69 Å². The zero-order valence-corrected chi connectivity index (χ0v) is 13.4. The number of alkyl halides is 3. The summed E-state index contributed by atoms with van der Waals surface area (Å²) in [5.41, 5.74) is 1.29. The van der Waals surface area contributed by atoms with Gasteiger partial charge in [-0.3, -0.25) is 4.79 Å². The molecule has 4 nitrogen and oxygen atoms in total. The standard InChI is InChI=1S/C18H16F3N3O/c1-11-13(6-7-16(24-11)18(19,20)21)17(25)22-9-8-12-10-23-15-5-3-2-4-14(12)15/h2-7,10,23H,8-9H2,1H3,(H,22,25). The third-order valence-electron chi connectivity index (χ3n) is 3.98. The van der Waals surface area contributed by atoms with Crippen LogP contribution in [0.4, 0.5) is 13.2 Å². The molecule has 130 valence electrons. The molecule has 0 unspecified atom stereocenters. The van der Waals surface area contributed by atoms with E-state index in [0.717, 1.165) is 28.6 Å². The third-order valence-corrected chi connectivity index (χ3v) is 3.98. The molecule has 0 aliphatic heterocycles. The fraction of sp³-hybridized carbons (Fsp3) is 0.222. The number of aromatic amines is 1. The van der Waals surface area contributed by atoms with Crippen molar-refractivity contribution >= 4 is 16.8 Å². The Morgan fingerprint density at radius 1 is 1.20 bits per heavy atom. The molecule has 3 rings (SSSR count). The topological polar surface area (TPSA) is 57.8 Å². The highest BCUT2D eigenvalue weighted by atomic mass is 19.4. The maximum atomic E-state index is 12.6. The number of nitrogens with zero attached hydrogens (tertiary/aromatic N) is 1. The van der Waals surface area contributed by atoms with Crippen LogP contribution in [0.15, 0.2) is 42.6 Å². The van der Waals surface area contributed by atoms with Crippen LogP contribution in [0, 0.1) is 6.92 Å². The lowest BCUT2D eigenvalue weighted by Gasteiger charge is -2.10. The molecule has 0 radical (unpaired) electrons. The summed E-state index contributed by atoms with van der Waals surface area (Å²) >= 11 is 0. The number of H-pyrrole nitrogens is 1. The Morgan fingerprint density at radius 3 is 2.68 bits per heavy atom. The average molecular weight is 347 g/mol. The number of carbonyl (C=O) groups is 1. The first-order chi connectivity index (χ1) is 11.9. The average Bonchev–Trinajstić information content (AvgIpc) is 2.97. The molecular formula is C18H16F3N3O. The lowest BCUT2D eigenvalue weighted by molar-refractivity contribution is -0.141. The summed E-state index contributed by atoms with van der Waals surface area (Å²) in [7, 11) is 0. The van der Waals surface area contributed by atoms with Crippen molar-refractivity contribution in [1.82, 2.24) is 15.3 Å². The second-order valence-electron chi connectivity index (χ2n) is 5.69. The molecule has 3 aromatic rings. The van der Waals surface area contributed by atoms with E-state index in [2.05, 4.69) is 15.3 Å². The van der Waals surface area contributed by atoms with Crippen molar-refractivity contribution in [3.8, 4) is 0 Å². The Labute approximate surface area is 142 Å². The highest BCUT2D eigenvalue weighted by Gasteiger charge is 2.33. The highest BCUT2D eigenvalue weighted by Crippen LogP contribution is 2.28. The fourth-order valence-electron chi connectivity index (χ4n) is 2.70. The molecule has 0 saturated heterocycles. The number of para-hydroxylation sites is 1. The van der Waals surface area contributed by atoms with E-state index in [-0.39, 0.29) is 11.3 Å². The summed E-state index contributed by atoms with van der Waals surface area (Å²) in [6.07, 6.45) is -2.01. The molecule has 2 heterocycles. The number of amides is 1. The Bertz CT molecular complexity index is 915. The van der Waals surface area contributed by atoms with Gasteiger partial charge in [-0.15, -0.1) is 0 Å². The maximum absolute atomic E-state index is 12.6. The van der Waals surface area contributed by atoms with Gasteiger partial charge >= 0.3 is 6.18 Å². The van der Waals surface area contributed by atoms with Gasteiger partial charge in [0.15, 0.2) is 0 Å². The van der Waals surface area contributed by atoms with E-state index in [0.29, 0.717) is 13.0 Å². The summed E-state index contributed by atoms with van der Waals surface area (Å²) in [4.78, 5) is 18.8. The van der Waals surface area contributed by atoms with Crippen molar-refractivity contribution in [2.75, 3.05) is 6.54 Å². The summed E-state index contributed by atoms with van der Waals surface area (Å²) < 4.78 is 37.9. The molecule has 1 amide bonds. The molecule has 0 spiro atoms. The van der Waals surface area contributed by atoms with E-state index >= 15 is 0 Å². The number of aryl methyl sites for hydroxylation is 1. The lowest BCUT2D eigenvalue weighted by atomic mass is 10.1. The molecule has 0 atom stereocenters. The van der Waals surface area contributed by atoms with E-state index in [4.69, 9.17) is 0 Å². The van der Waals surface area contributed by atoms with Crippen LogP contribution in [0.3, 0.4) is 0 Å². The number of pyridine rings is 1. The minimum Gasteiger partial charge on any atom is -0.361 e. The third kappa shape index (κ3) is 3.65. The number of halogens is 3. The SMILES string of the molecule is Cc1nc(C(F)(F)F)ccc1C(=O)NCCc1c[nH]c2ccccc12. The van der Waals surface area contributed by atoms with E-state index < -0.39 is 17.8 Å². The zero-order chi connectivity index (χ0) is 18.0. The van der Waals surface area contributed by atoms with Crippen LogP contribution in [0.2, 0.25) is 0 Å². The van der Waals surface area contributed by atoms with Crippen molar-refractivity contribution in [3.05, 3.63) is 65.1 Å². The van der Waals surface area contributed by atoms with Crippen LogP contribution in [0.25, 0.3) is 10.9 Å². The van der Waals surface area contributed by atoms with Crippen molar-refractivity contribution in [2.24, 2.45) is 0 Å². The number of fused-ring (bicyclic) bond motifs is 1. The van der Waals surface area contributed by atoms with Crippen LogP contribution in [-0.4, -0.2) is 22.4 Å². The smallest absolute Gasteiger partial charge is 0.361 e. The van der Waals surface area contributed by atoms with Crippen molar-refractivity contribution < 1.29 is 18.0 Å². The van der Waals surface area contributed by atoms with Gasteiger partial charge in [-0.1, -0.05) is 18.2 Å². The van der Waals surface area contributed by atoms with Crippen LogP contribution >= 0.6 is 0 Å². The van der Waals surface area contributed by atoms with Gasteiger partial charge in [-0.2, -0.15) is 13.2 Å². The number of aromatic nitrogens is 2. The number of nitrogens with one attached hydrogen (secondary N) is 2. The predicted octanol–water partition coefficient (Wildman–Crippen LogP) is 3.86. The quantitative estimate of drug-likeness (QED) is 0.753.